The smallest absolute Gasteiger partial charge is 0.407 e. The summed E-state index contributed by atoms with van der Waals surface area (Å²) < 4.78 is 28.6. The van der Waals surface area contributed by atoms with E-state index < -0.39 is 90.4 Å². The van der Waals surface area contributed by atoms with Crippen molar-refractivity contribution in [3.63, 3.8) is 0 Å². The van der Waals surface area contributed by atoms with Gasteiger partial charge in [0.1, 0.15) is 18.7 Å². The van der Waals surface area contributed by atoms with Crippen molar-refractivity contribution < 1.29 is 57.2 Å². The second-order valence-corrected chi connectivity index (χ2v) is 17.0. The predicted octanol–water partition coefficient (Wildman–Crippen LogP) is 5.53. The Bertz CT molecular complexity index is 2180. The number of esters is 3. The van der Waals surface area contributed by atoms with E-state index in [4.69, 9.17) is 29.4 Å². The number of alkyl halides is 1. The Morgan fingerprint density at radius 1 is 0.769 bits per heavy atom. The lowest BCUT2D eigenvalue weighted by Crippen LogP contribution is -2.60. The number of benzene rings is 3. The molecule has 1 heterocycles. The van der Waals surface area contributed by atoms with Crippen LogP contribution in [0, 0.1) is 5.92 Å². The summed E-state index contributed by atoms with van der Waals surface area (Å²) in [4.78, 5) is 89.0. The van der Waals surface area contributed by atoms with Gasteiger partial charge in [0, 0.05) is 44.3 Å². The summed E-state index contributed by atoms with van der Waals surface area (Å²) in [6.07, 6.45) is -4.57. The molecule has 0 unspecified atom stereocenters. The van der Waals surface area contributed by atoms with Crippen molar-refractivity contribution in [2.75, 3.05) is 18.5 Å². The minimum Gasteiger partial charge on any atom is -0.456 e. The lowest BCUT2D eigenvalue weighted by atomic mass is 9.90. The van der Waals surface area contributed by atoms with Crippen LogP contribution < -0.4 is 27.0 Å². The monoisotopic (exact) mass is 963 g/mol. The molecule has 3 aromatic carbocycles. The number of nitrogens with two attached hydrogens (primary N) is 1. The summed E-state index contributed by atoms with van der Waals surface area (Å²) in [7, 11) is 0. The van der Waals surface area contributed by atoms with Gasteiger partial charge in [0.2, 0.25) is 11.8 Å². The summed E-state index contributed by atoms with van der Waals surface area (Å²) >= 11 is 3.53. The molecule has 7 atom stereocenters. The quantitative estimate of drug-likeness (QED) is 0.0432. The van der Waals surface area contributed by atoms with Crippen LogP contribution in [0.25, 0.3) is 11.1 Å². The Morgan fingerprint density at radius 3 is 1.95 bits per heavy atom. The number of nitrogens with one attached hydrogen (secondary N) is 4. The molecule has 0 saturated carbocycles. The second-order valence-electron chi connectivity index (χ2n) is 16.4. The standard InChI is InChI=1S/C47H58BrN5O12/c1-25(2)40(53-47(60)61-24-37-35-14-9-7-12-33(35)34-13-8-10-15-36(34)37)45(58)52-38(16-11-21-50-46(49)59)44(57)51-32-19-17-31(23-48)30(22-32)18-20-39-42(64-28(5)55)43(65-29(6)56)41(26(3)62-39)63-27(4)54/h7-10,12-15,17,19,22,25-26,37-43H,11,16,18,20-21,23-24H2,1-6H3,(H,51,57)(H,52,58)(H,53,60)(H3,49,50,59)/t26-,38-,39-,40-,41-,42-,43+/m0/s1. The molecule has 5 rings (SSSR count). The first-order valence-electron chi connectivity index (χ1n) is 21.6. The highest BCUT2D eigenvalue weighted by Crippen LogP contribution is 2.44. The van der Waals surface area contributed by atoms with E-state index in [0.29, 0.717) is 17.4 Å². The van der Waals surface area contributed by atoms with Gasteiger partial charge in [-0.05, 0) is 84.0 Å². The highest BCUT2D eigenvalue weighted by atomic mass is 79.9. The van der Waals surface area contributed by atoms with Crippen LogP contribution in [0.15, 0.2) is 66.7 Å². The van der Waals surface area contributed by atoms with Crippen molar-refractivity contribution in [2.24, 2.45) is 11.7 Å². The largest absolute Gasteiger partial charge is 0.456 e. The molecule has 0 aromatic heterocycles. The number of ether oxygens (including phenoxy) is 5. The number of amides is 5. The summed E-state index contributed by atoms with van der Waals surface area (Å²) in [6, 6.07) is 18.3. The number of urea groups is 1. The van der Waals surface area contributed by atoms with Crippen LogP contribution in [0.4, 0.5) is 15.3 Å². The number of halogens is 1. The van der Waals surface area contributed by atoms with Crippen molar-refractivity contribution in [1.82, 2.24) is 16.0 Å². The fourth-order valence-corrected chi connectivity index (χ4v) is 8.83. The molecule has 0 bridgehead atoms. The van der Waals surface area contributed by atoms with Gasteiger partial charge in [-0.15, -0.1) is 0 Å². The van der Waals surface area contributed by atoms with Crippen molar-refractivity contribution in [1.29, 1.82) is 0 Å². The van der Waals surface area contributed by atoms with Gasteiger partial charge in [0.05, 0.1) is 12.2 Å². The number of alkyl carbamates (subject to hydrolysis) is 1. The minimum absolute atomic E-state index is 0.0466. The molecule has 0 spiro atoms. The molecule has 350 valence electrons. The van der Waals surface area contributed by atoms with E-state index in [9.17, 15) is 33.6 Å². The lowest BCUT2D eigenvalue weighted by Gasteiger charge is -2.44. The number of aryl methyl sites for hydroxylation is 1. The SMILES string of the molecule is CC(=O)O[C@@H]1[C@@H](OC(C)=O)[C@H](C)O[C@@H](CCc2cc(NC(=O)[C@H](CCCNC(N)=O)NC(=O)[C@@H](NC(=O)OCC3c4ccccc4-c4ccccc43)C(C)C)ccc2CBr)[C@@H]1OC(C)=O. The molecule has 2 aliphatic rings. The zero-order valence-corrected chi connectivity index (χ0v) is 38.9. The van der Waals surface area contributed by atoms with Crippen LogP contribution in [-0.4, -0.2) is 97.6 Å². The third-order valence-corrected chi connectivity index (χ3v) is 11.9. The first kappa shape index (κ1) is 50.0. The topological polar surface area (TPSA) is 240 Å². The van der Waals surface area contributed by atoms with Crippen molar-refractivity contribution in [3.8, 4) is 11.1 Å². The van der Waals surface area contributed by atoms with Crippen LogP contribution in [0.3, 0.4) is 0 Å². The Balaban J connectivity index is 1.28. The fraction of sp³-hybridized carbons (Fsp3) is 0.468. The van der Waals surface area contributed by atoms with E-state index in [1.807, 2.05) is 54.6 Å². The van der Waals surface area contributed by atoms with Crippen LogP contribution in [0.2, 0.25) is 0 Å². The van der Waals surface area contributed by atoms with Gasteiger partial charge in [-0.1, -0.05) is 84.4 Å². The average Bonchev–Trinajstić information content (AvgIpc) is 3.57. The van der Waals surface area contributed by atoms with Gasteiger partial charge >= 0.3 is 30.0 Å². The van der Waals surface area contributed by atoms with Crippen LogP contribution >= 0.6 is 15.9 Å². The molecule has 5 amide bonds. The van der Waals surface area contributed by atoms with Crippen LogP contribution in [-0.2, 0) is 59.4 Å². The van der Waals surface area contributed by atoms with Gasteiger partial charge in [0.15, 0.2) is 18.3 Å². The molecule has 1 saturated heterocycles. The maximum Gasteiger partial charge on any atom is 0.407 e. The third kappa shape index (κ3) is 13.5. The molecular weight excluding hydrogens is 906 g/mol. The van der Waals surface area contributed by atoms with Gasteiger partial charge in [-0.2, -0.15) is 0 Å². The van der Waals surface area contributed by atoms with Gasteiger partial charge in [-0.25, -0.2) is 9.59 Å². The van der Waals surface area contributed by atoms with Crippen LogP contribution in [0.1, 0.15) is 89.0 Å². The summed E-state index contributed by atoms with van der Waals surface area (Å²) in [5.41, 5.74) is 11.6. The molecule has 17 nitrogen and oxygen atoms in total. The van der Waals surface area contributed by atoms with Gasteiger partial charge in [-0.3, -0.25) is 24.0 Å². The molecule has 18 heteroatoms. The minimum atomic E-state index is -1.13. The molecule has 3 aromatic rings. The Morgan fingerprint density at radius 2 is 1.37 bits per heavy atom. The van der Waals surface area contributed by atoms with E-state index >= 15 is 0 Å². The number of hydrogen-bond acceptors (Lipinski definition) is 12. The van der Waals surface area contributed by atoms with Crippen molar-refractivity contribution in [3.05, 3.63) is 89.0 Å². The molecular formula is C47H58BrN5O12. The van der Waals surface area contributed by atoms with E-state index in [2.05, 4.69) is 37.2 Å². The highest BCUT2D eigenvalue weighted by molar-refractivity contribution is 9.08. The molecule has 1 fully saturated rings. The summed E-state index contributed by atoms with van der Waals surface area (Å²) in [5, 5.41) is 11.3. The number of hydrogen-bond donors (Lipinski definition) is 5. The first-order valence-corrected chi connectivity index (χ1v) is 22.7. The van der Waals surface area contributed by atoms with Crippen molar-refractivity contribution in [2.45, 2.75) is 121 Å². The highest BCUT2D eigenvalue weighted by Gasteiger charge is 2.50. The number of anilines is 1. The van der Waals surface area contributed by atoms with E-state index in [-0.39, 0.29) is 38.3 Å². The Hall–Kier alpha value is -6.01. The second kappa shape index (κ2) is 23.3. The molecule has 0 radical (unpaired) electrons. The van der Waals surface area contributed by atoms with Crippen molar-refractivity contribution >= 4 is 63.5 Å². The normalized spacial score (nSPS) is 19.7. The number of rotatable bonds is 19. The Kier molecular flexibility index (Phi) is 17.9. The Labute approximate surface area is 386 Å². The molecule has 1 aliphatic carbocycles. The average molecular weight is 965 g/mol. The van der Waals surface area contributed by atoms with Gasteiger partial charge in [0.25, 0.3) is 0 Å². The number of fused-ring (bicyclic) bond motifs is 3. The van der Waals surface area contributed by atoms with Crippen LogP contribution in [0.5, 0.6) is 0 Å². The molecule has 65 heavy (non-hydrogen) atoms. The summed E-state index contributed by atoms with van der Waals surface area (Å²) in [6.45, 7) is 9.00. The number of primary amides is 1. The third-order valence-electron chi connectivity index (χ3n) is 11.3. The zero-order chi connectivity index (χ0) is 47.4. The maximum absolute atomic E-state index is 14.0. The summed E-state index contributed by atoms with van der Waals surface area (Å²) in [5.74, 6) is -3.69. The lowest BCUT2D eigenvalue weighted by molar-refractivity contribution is -0.244. The van der Waals surface area contributed by atoms with E-state index in [0.717, 1.165) is 33.4 Å². The van der Waals surface area contributed by atoms with E-state index in [1.165, 1.54) is 20.8 Å². The first-order chi connectivity index (χ1) is 31.0. The van der Waals surface area contributed by atoms with Gasteiger partial charge < -0.3 is 50.7 Å². The number of carbonyl (C=O) groups excluding carboxylic acids is 7. The fourth-order valence-electron chi connectivity index (χ4n) is 8.29. The molecule has 6 N–H and O–H groups in total. The predicted molar refractivity (Wildman–Crippen MR) is 243 cm³/mol. The maximum atomic E-state index is 14.0. The number of carbonyl (C=O) groups is 7. The zero-order valence-electron chi connectivity index (χ0n) is 37.4. The van der Waals surface area contributed by atoms with E-state index in [1.54, 1.807) is 32.9 Å². The molecule has 1 aliphatic heterocycles.